The van der Waals surface area contributed by atoms with Crippen LogP contribution in [0.2, 0.25) is 0 Å². The molecular weight excluding hydrogens is 1100 g/mol. The average Bonchev–Trinajstić information content (AvgIpc) is 4.07. The van der Waals surface area contributed by atoms with E-state index in [1.165, 1.54) is 65.2 Å². The Kier molecular flexibility index (Phi) is 10.6. The summed E-state index contributed by atoms with van der Waals surface area (Å²) in [4.78, 5) is 7.75. The predicted molar refractivity (Wildman–Crippen MR) is 302 cm³/mol. The summed E-state index contributed by atoms with van der Waals surface area (Å²) < 4.78 is 15.2. The third-order valence-electron chi connectivity index (χ3n) is 15.5. The number of benzene rings is 8. The fourth-order valence-electron chi connectivity index (χ4n) is 11.7. The molecular formula is C67H58N4OPtS. The van der Waals surface area contributed by atoms with Crippen molar-refractivity contribution >= 4 is 44.6 Å². The van der Waals surface area contributed by atoms with E-state index in [4.69, 9.17) is 9.72 Å². The van der Waals surface area contributed by atoms with Crippen molar-refractivity contribution in [1.29, 1.82) is 0 Å². The van der Waals surface area contributed by atoms with E-state index in [0.29, 0.717) is 0 Å². The van der Waals surface area contributed by atoms with Crippen LogP contribution in [0.25, 0.3) is 61.2 Å². The number of pyridine rings is 1. The first-order chi connectivity index (χ1) is 35.5. The van der Waals surface area contributed by atoms with E-state index in [1.54, 1.807) is 0 Å². The van der Waals surface area contributed by atoms with Gasteiger partial charge in [-0.15, -0.1) is 0 Å². The Morgan fingerprint density at radius 3 is 1.68 bits per heavy atom. The van der Waals surface area contributed by atoms with Crippen LogP contribution in [0.15, 0.2) is 198 Å². The van der Waals surface area contributed by atoms with E-state index in [0.717, 1.165) is 59.9 Å². The zero-order valence-corrected chi connectivity index (χ0v) is 46.4. The van der Waals surface area contributed by atoms with Crippen LogP contribution in [0.3, 0.4) is 0 Å². The minimum absolute atomic E-state index is 0.0141. The standard InChI is InChI=1S/C67H58N4OS.Pt/c1-64(2,3)42-31-32-68-63(36-42)71-59-38-48(72-47-20-18-19-45(37-47)69-41-70(58-26-15-14-25-57(58)69)46-34-43(65(4,5)6)33-44(35-46)66(7,8)9)29-30-50(59)52-39-51-49-21-10-11-22-53(49)67(56(51)40-60(52)71)54-23-12-16-27-61(54)73-62-28-17-13-24-55(62)67;/h10-40H,1-9H3;. The summed E-state index contributed by atoms with van der Waals surface area (Å²) in [6, 6.07) is 67.4. The van der Waals surface area contributed by atoms with E-state index in [2.05, 4.69) is 277 Å². The van der Waals surface area contributed by atoms with E-state index < -0.39 is 5.41 Å². The summed E-state index contributed by atoms with van der Waals surface area (Å²) in [5.74, 6) is 2.39. The van der Waals surface area contributed by atoms with Gasteiger partial charge in [0.2, 0.25) is 0 Å². The third kappa shape index (κ3) is 7.23. The molecule has 0 bridgehead atoms. The molecule has 1 spiro atoms. The topological polar surface area (TPSA) is 36.9 Å². The maximum absolute atomic E-state index is 7.00. The normalized spacial score (nSPS) is 13.9. The van der Waals surface area contributed by atoms with Crippen molar-refractivity contribution in [3.05, 3.63) is 231 Å². The molecule has 0 amide bonds. The van der Waals surface area contributed by atoms with Gasteiger partial charge < -0.3 is 0 Å². The Hall–Kier alpha value is -6.98. The minimum atomic E-state index is -0.506. The number of hydrogen-bond donors (Lipinski definition) is 0. The summed E-state index contributed by atoms with van der Waals surface area (Å²) in [7, 11) is 0. The predicted octanol–water partition coefficient (Wildman–Crippen LogP) is 17.5. The van der Waals surface area contributed by atoms with E-state index >= 15 is 0 Å². The van der Waals surface area contributed by atoms with Crippen molar-refractivity contribution in [3.63, 3.8) is 0 Å². The van der Waals surface area contributed by atoms with Crippen LogP contribution in [-0.2, 0) is 41.0 Å². The van der Waals surface area contributed by atoms with Crippen LogP contribution in [0.4, 0.5) is 0 Å². The van der Waals surface area contributed by atoms with Crippen LogP contribution >= 0.6 is 11.8 Å². The molecule has 4 heterocycles. The summed E-state index contributed by atoms with van der Waals surface area (Å²) in [5, 5.41) is 2.33. The molecule has 1 aliphatic heterocycles. The molecule has 0 saturated heterocycles. The number of imidazole rings is 1. The fraction of sp³-hybridized carbons (Fsp3) is 0.194. The zero-order chi connectivity index (χ0) is 51.1. The van der Waals surface area contributed by atoms with Crippen LogP contribution in [0.1, 0.15) is 101 Å². The number of rotatable bonds is 5. The Balaban J connectivity index is 0.986. The molecule has 0 radical (unpaired) electrons. The average molecular weight is 1160 g/mol. The summed E-state index contributed by atoms with van der Waals surface area (Å²) >= 11 is 4.39. The number of para-hydroxylation sites is 2. The zero-order valence-electron chi connectivity index (χ0n) is 43.3. The molecule has 8 aromatic carbocycles. The van der Waals surface area contributed by atoms with Gasteiger partial charge in [0.05, 0.1) is 5.41 Å². The third-order valence-corrected chi connectivity index (χ3v) is 17.6. The molecule has 0 fully saturated rings. The number of hydrogen-bond acceptors (Lipinski definition) is 3. The van der Waals surface area contributed by atoms with Crippen LogP contribution in [0.5, 0.6) is 11.5 Å². The Labute approximate surface area is 448 Å². The second-order valence-electron chi connectivity index (χ2n) is 23.2. The number of aromatic nitrogens is 4. The molecule has 0 N–H and O–H groups in total. The molecule has 0 saturated carbocycles. The van der Waals surface area contributed by atoms with E-state index in [9.17, 15) is 0 Å². The molecule has 3 aromatic heterocycles. The van der Waals surface area contributed by atoms with Gasteiger partial charge in [-0.25, -0.2) is 0 Å². The van der Waals surface area contributed by atoms with Gasteiger partial charge in [-0.05, 0) is 62.6 Å². The Morgan fingerprint density at radius 2 is 1.01 bits per heavy atom. The second-order valence-corrected chi connectivity index (χ2v) is 25.3. The molecule has 1 aliphatic carbocycles. The first-order valence-corrected chi connectivity index (χ1v) is 27.6. The van der Waals surface area contributed by atoms with Crippen LogP contribution < -0.4 is 4.74 Å². The molecule has 0 unspecified atom stereocenters. The van der Waals surface area contributed by atoms with Gasteiger partial charge in [-0.3, -0.25) is 0 Å². The summed E-state index contributed by atoms with van der Waals surface area (Å²) in [6.07, 6.45) is 1.97. The van der Waals surface area contributed by atoms with Gasteiger partial charge in [0.25, 0.3) is 0 Å². The van der Waals surface area contributed by atoms with Crippen molar-refractivity contribution in [3.8, 4) is 39.8 Å². The molecule has 2 aliphatic rings. The Morgan fingerprint density at radius 1 is 0.432 bits per heavy atom. The molecule has 7 heteroatoms. The van der Waals surface area contributed by atoms with Gasteiger partial charge in [-0.1, -0.05) is 93.2 Å². The SMILES string of the molecule is CC(C)(C)c1cc(-n2[c](=[Pt])n(-c3cccc(Oc4ccc5c6cc7c(cc6n(-c6cc(C(C)(C)C)ccn6)c5c4)C4(c5ccccc5Sc5ccccc54)c4ccccc4-7)c3)c3ccccc32)cc(C(C)(C)C)c1. The van der Waals surface area contributed by atoms with Crippen molar-refractivity contribution < 1.29 is 24.1 Å². The molecule has 5 nitrogen and oxygen atoms in total. The molecule has 0 atom stereocenters. The fourth-order valence-corrected chi connectivity index (χ4v) is 14.0. The van der Waals surface area contributed by atoms with E-state index in [-0.39, 0.29) is 16.2 Å². The Bertz CT molecular complexity index is 4110. The maximum atomic E-state index is 7.00. The summed E-state index contributed by atoms with van der Waals surface area (Å²) in [6.45, 7) is 20.6. The van der Waals surface area contributed by atoms with Gasteiger partial charge in [0.15, 0.2) is 0 Å². The first kappa shape index (κ1) is 46.8. The van der Waals surface area contributed by atoms with Crippen molar-refractivity contribution in [2.45, 2.75) is 93.8 Å². The monoisotopic (exact) mass is 1160 g/mol. The van der Waals surface area contributed by atoms with Crippen molar-refractivity contribution in [2.75, 3.05) is 0 Å². The van der Waals surface area contributed by atoms with Gasteiger partial charge in [0.1, 0.15) is 0 Å². The quantitative estimate of drug-likeness (QED) is 0.172. The van der Waals surface area contributed by atoms with Gasteiger partial charge in [-0.2, -0.15) is 0 Å². The molecule has 74 heavy (non-hydrogen) atoms. The molecule has 368 valence electrons. The number of fused-ring (bicyclic) bond motifs is 13. The first-order valence-electron chi connectivity index (χ1n) is 25.7. The van der Waals surface area contributed by atoms with Crippen molar-refractivity contribution in [2.24, 2.45) is 0 Å². The van der Waals surface area contributed by atoms with Gasteiger partial charge in [0, 0.05) is 16.0 Å². The van der Waals surface area contributed by atoms with Gasteiger partial charge >= 0.3 is 275 Å². The van der Waals surface area contributed by atoms with Crippen LogP contribution in [0, 0.1) is 3.80 Å². The number of nitrogens with zero attached hydrogens (tertiary/aromatic N) is 4. The van der Waals surface area contributed by atoms with Crippen LogP contribution in [-0.4, -0.2) is 18.7 Å². The van der Waals surface area contributed by atoms with Crippen molar-refractivity contribution in [1.82, 2.24) is 18.7 Å². The molecule has 11 aromatic rings. The van der Waals surface area contributed by atoms with E-state index in [1.807, 2.05) is 18.0 Å². The molecule has 13 rings (SSSR count). The number of ether oxygens (including phenoxy) is 1. The summed E-state index contributed by atoms with van der Waals surface area (Å²) in [5.41, 5.74) is 17.7. The second kappa shape index (κ2) is 16.8.